The van der Waals surface area contributed by atoms with Crippen molar-refractivity contribution in [2.45, 2.75) is 51.2 Å². The largest absolute Gasteiger partial charge is 0.488 e. The van der Waals surface area contributed by atoms with E-state index in [1.807, 2.05) is 48.5 Å². The molecule has 1 aliphatic rings. The lowest BCUT2D eigenvalue weighted by Gasteiger charge is -2.16. The molecule has 0 unspecified atom stereocenters. The average Bonchev–Trinajstić information content (AvgIpc) is 2.90. The van der Waals surface area contributed by atoms with Crippen molar-refractivity contribution >= 4 is 21.8 Å². The molecule has 1 amide bonds. The fraction of sp³-hybridized carbons (Fsp3) is 0.381. The van der Waals surface area contributed by atoms with E-state index in [4.69, 9.17) is 4.74 Å². The van der Waals surface area contributed by atoms with Gasteiger partial charge in [-0.05, 0) is 58.6 Å². The van der Waals surface area contributed by atoms with Crippen LogP contribution in [0.2, 0.25) is 0 Å². The first-order chi connectivity index (χ1) is 12.2. The second kappa shape index (κ2) is 9.04. The molecule has 0 heterocycles. The number of carbonyl (C=O) groups excluding carboxylic acids is 1. The summed E-state index contributed by atoms with van der Waals surface area (Å²) in [5, 5.41) is 3.18. The lowest BCUT2D eigenvalue weighted by molar-refractivity contribution is 0.0933. The van der Waals surface area contributed by atoms with Crippen LogP contribution in [0.3, 0.4) is 0 Å². The summed E-state index contributed by atoms with van der Waals surface area (Å²) in [5.41, 5.74) is 1.76. The van der Waals surface area contributed by atoms with Gasteiger partial charge in [-0.15, -0.1) is 0 Å². The van der Waals surface area contributed by atoms with Crippen LogP contribution in [-0.2, 0) is 6.61 Å². The maximum Gasteiger partial charge on any atom is 0.251 e. The molecular weight excluding hydrogens is 378 g/mol. The number of hydrogen-bond acceptors (Lipinski definition) is 2. The maximum atomic E-state index is 12.4. The summed E-state index contributed by atoms with van der Waals surface area (Å²) in [6.45, 7) is 0.479. The van der Waals surface area contributed by atoms with Crippen LogP contribution in [0.4, 0.5) is 0 Å². The predicted molar refractivity (Wildman–Crippen MR) is 104 cm³/mol. The second-order valence-electron chi connectivity index (χ2n) is 6.58. The summed E-state index contributed by atoms with van der Waals surface area (Å²) in [5.74, 6) is 0.850. The monoisotopic (exact) mass is 401 g/mol. The van der Waals surface area contributed by atoms with E-state index in [2.05, 4.69) is 21.2 Å². The predicted octanol–water partition coefficient (Wildman–Crippen LogP) is 5.48. The summed E-state index contributed by atoms with van der Waals surface area (Å²) in [6, 6.07) is 15.8. The standard InChI is InChI=1S/C21H24BrNO2/c22-19-9-5-6-10-20(19)25-15-16-11-13-17(14-12-16)21(24)23-18-7-3-1-2-4-8-18/h5-6,9-14,18H,1-4,7-8,15H2,(H,23,24). The Labute approximate surface area is 157 Å². The quantitative estimate of drug-likeness (QED) is 0.673. The van der Waals surface area contributed by atoms with Crippen molar-refractivity contribution in [1.29, 1.82) is 0 Å². The van der Waals surface area contributed by atoms with E-state index in [9.17, 15) is 4.79 Å². The van der Waals surface area contributed by atoms with E-state index in [0.717, 1.165) is 28.6 Å². The van der Waals surface area contributed by atoms with Crippen molar-refractivity contribution in [3.8, 4) is 5.75 Å². The molecule has 0 radical (unpaired) electrons. The van der Waals surface area contributed by atoms with Gasteiger partial charge in [0.2, 0.25) is 0 Å². The minimum absolute atomic E-state index is 0.0326. The number of para-hydroxylation sites is 1. The van der Waals surface area contributed by atoms with Crippen molar-refractivity contribution in [1.82, 2.24) is 5.32 Å². The smallest absolute Gasteiger partial charge is 0.251 e. The fourth-order valence-corrected chi connectivity index (χ4v) is 3.57. The number of carbonyl (C=O) groups is 1. The number of halogens is 1. The summed E-state index contributed by atoms with van der Waals surface area (Å²) >= 11 is 3.48. The van der Waals surface area contributed by atoms with Crippen LogP contribution in [0, 0.1) is 0 Å². The molecule has 1 N–H and O–H groups in total. The third-order valence-corrected chi connectivity index (χ3v) is 5.29. The Balaban J connectivity index is 1.54. The van der Waals surface area contributed by atoms with Crippen LogP contribution < -0.4 is 10.1 Å². The molecule has 132 valence electrons. The minimum atomic E-state index is 0.0326. The number of hydrogen-bond donors (Lipinski definition) is 1. The van der Waals surface area contributed by atoms with Gasteiger partial charge in [0.25, 0.3) is 5.91 Å². The maximum absolute atomic E-state index is 12.4. The Hall–Kier alpha value is -1.81. The molecule has 3 nitrogen and oxygen atoms in total. The van der Waals surface area contributed by atoms with E-state index in [1.54, 1.807) is 0 Å². The third kappa shape index (κ3) is 5.33. The Morgan fingerprint density at radius 1 is 1.00 bits per heavy atom. The van der Waals surface area contributed by atoms with Crippen LogP contribution in [0.25, 0.3) is 0 Å². The first-order valence-electron chi connectivity index (χ1n) is 8.99. The van der Waals surface area contributed by atoms with Gasteiger partial charge >= 0.3 is 0 Å². The van der Waals surface area contributed by atoms with Crippen molar-refractivity contribution in [2.24, 2.45) is 0 Å². The van der Waals surface area contributed by atoms with E-state index in [1.165, 1.54) is 25.7 Å². The number of amides is 1. The Morgan fingerprint density at radius 3 is 2.36 bits per heavy atom. The van der Waals surface area contributed by atoms with Crippen molar-refractivity contribution in [2.75, 3.05) is 0 Å². The van der Waals surface area contributed by atoms with Crippen LogP contribution in [0.1, 0.15) is 54.4 Å². The zero-order valence-corrected chi connectivity index (χ0v) is 15.9. The molecule has 1 fully saturated rings. The van der Waals surface area contributed by atoms with Crippen molar-refractivity contribution in [3.63, 3.8) is 0 Å². The first kappa shape index (κ1) is 18.0. The van der Waals surface area contributed by atoms with E-state index in [0.29, 0.717) is 18.2 Å². The molecule has 25 heavy (non-hydrogen) atoms. The molecule has 0 atom stereocenters. The third-order valence-electron chi connectivity index (χ3n) is 4.64. The zero-order valence-electron chi connectivity index (χ0n) is 14.3. The lowest BCUT2D eigenvalue weighted by Crippen LogP contribution is -2.34. The average molecular weight is 402 g/mol. The highest BCUT2D eigenvalue weighted by atomic mass is 79.9. The highest BCUT2D eigenvalue weighted by molar-refractivity contribution is 9.10. The SMILES string of the molecule is O=C(NC1CCCCCC1)c1ccc(COc2ccccc2Br)cc1. The van der Waals surface area contributed by atoms with Crippen LogP contribution in [0.15, 0.2) is 53.0 Å². The van der Waals surface area contributed by atoms with Gasteiger partial charge in [0.15, 0.2) is 0 Å². The molecule has 0 saturated heterocycles. The highest BCUT2D eigenvalue weighted by Gasteiger charge is 2.15. The van der Waals surface area contributed by atoms with Crippen LogP contribution in [0.5, 0.6) is 5.75 Å². The molecule has 0 aromatic heterocycles. The van der Waals surface area contributed by atoms with Gasteiger partial charge in [0, 0.05) is 11.6 Å². The first-order valence-corrected chi connectivity index (χ1v) is 9.79. The summed E-state index contributed by atoms with van der Waals surface area (Å²) in [7, 11) is 0. The van der Waals surface area contributed by atoms with Gasteiger partial charge in [0.05, 0.1) is 4.47 Å². The van der Waals surface area contributed by atoms with Gasteiger partial charge < -0.3 is 10.1 Å². The Bertz CT molecular complexity index is 691. The van der Waals surface area contributed by atoms with Gasteiger partial charge in [-0.1, -0.05) is 49.9 Å². The topological polar surface area (TPSA) is 38.3 Å². The van der Waals surface area contributed by atoms with Gasteiger partial charge in [-0.2, -0.15) is 0 Å². The molecule has 4 heteroatoms. The fourth-order valence-electron chi connectivity index (χ4n) is 3.17. The molecule has 2 aromatic rings. The highest BCUT2D eigenvalue weighted by Crippen LogP contribution is 2.24. The van der Waals surface area contributed by atoms with Crippen molar-refractivity contribution < 1.29 is 9.53 Å². The molecule has 1 aliphatic carbocycles. The Morgan fingerprint density at radius 2 is 1.68 bits per heavy atom. The Kier molecular flexibility index (Phi) is 6.51. The summed E-state index contributed by atoms with van der Waals surface area (Å²) in [6.07, 6.45) is 7.22. The van der Waals surface area contributed by atoms with Crippen LogP contribution in [-0.4, -0.2) is 11.9 Å². The van der Waals surface area contributed by atoms with Crippen molar-refractivity contribution in [3.05, 3.63) is 64.1 Å². The number of ether oxygens (including phenoxy) is 1. The lowest BCUT2D eigenvalue weighted by atomic mass is 10.1. The number of benzene rings is 2. The number of rotatable bonds is 5. The minimum Gasteiger partial charge on any atom is -0.488 e. The van der Waals surface area contributed by atoms with E-state index >= 15 is 0 Å². The van der Waals surface area contributed by atoms with Crippen LogP contribution >= 0.6 is 15.9 Å². The summed E-state index contributed by atoms with van der Waals surface area (Å²) < 4.78 is 6.75. The molecule has 0 aliphatic heterocycles. The second-order valence-corrected chi connectivity index (χ2v) is 7.43. The van der Waals surface area contributed by atoms with E-state index < -0.39 is 0 Å². The van der Waals surface area contributed by atoms with Gasteiger partial charge in [-0.3, -0.25) is 4.79 Å². The molecule has 0 spiro atoms. The van der Waals surface area contributed by atoms with Gasteiger partial charge in [-0.25, -0.2) is 0 Å². The molecule has 1 saturated carbocycles. The molecular formula is C21H24BrNO2. The normalized spacial score (nSPS) is 15.4. The van der Waals surface area contributed by atoms with E-state index in [-0.39, 0.29) is 5.91 Å². The zero-order chi connectivity index (χ0) is 17.5. The molecule has 0 bridgehead atoms. The molecule has 3 rings (SSSR count). The summed E-state index contributed by atoms with van der Waals surface area (Å²) in [4.78, 5) is 12.4. The molecule has 2 aromatic carbocycles. The number of nitrogens with one attached hydrogen (secondary N) is 1. The van der Waals surface area contributed by atoms with Gasteiger partial charge in [0.1, 0.15) is 12.4 Å².